The van der Waals surface area contributed by atoms with Crippen molar-refractivity contribution in [2.45, 2.75) is 63.5 Å². The lowest BCUT2D eigenvalue weighted by Gasteiger charge is -2.40. The van der Waals surface area contributed by atoms with Crippen LogP contribution in [-0.2, 0) is 29.0 Å². The fraction of sp³-hybridized carbons (Fsp3) is 0.413. The molecule has 9 nitrogen and oxygen atoms in total. The smallest absolute Gasteiger partial charge is 0.255 e. The van der Waals surface area contributed by atoms with Crippen LogP contribution in [0.1, 0.15) is 76.2 Å². The number of carbonyl (C=O) groups is 3. The Morgan fingerprint density at radius 3 is 2.20 bits per heavy atom. The maximum absolute atomic E-state index is 13.2. The predicted molar refractivity (Wildman–Crippen MR) is 214 cm³/mol. The van der Waals surface area contributed by atoms with Gasteiger partial charge in [0.1, 0.15) is 11.8 Å². The minimum absolute atomic E-state index is 0.121. The number of aromatic hydroxyl groups is 1. The summed E-state index contributed by atoms with van der Waals surface area (Å²) in [4.78, 5) is 46.5. The van der Waals surface area contributed by atoms with E-state index >= 15 is 0 Å². The summed E-state index contributed by atoms with van der Waals surface area (Å²) < 4.78 is 0. The zero-order chi connectivity index (χ0) is 37.5. The van der Waals surface area contributed by atoms with E-state index in [-0.39, 0.29) is 24.1 Å². The van der Waals surface area contributed by atoms with E-state index in [4.69, 9.17) is 0 Å². The van der Waals surface area contributed by atoms with E-state index < -0.39 is 6.04 Å². The second-order valence-electron chi connectivity index (χ2n) is 16.4. The summed E-state index contributed by atoms with van der Waals surface area (Å²) in [6.07, 6.45) is 6.22. The summed E-state index contributed by atoms with van der Waals surface area (Å²) in [5.41, 5.74) is 9.48. The molecule has 0 bridgehead atoms. The number of piperazine rings is 1. The van der Waals surface area contributed by atoms with Gasteiger partial charge in [-0.05, 0) is 121 Å². The van der Waals surface area contributed by atoms with Crippen LogP contribution < -0.4 is 15.1 Å². The Balaban J connectivity index is 0.775. The van der Waals surface area contributed by atoms with Gasteiger partial charge in [0.2, 0.25) is 11.8 Å². The van der Waals surface area contributed by atoms with E-state index in [9.17, 15) is 19.5 Å². The van der Waals surface area contributed by atoms with Crippen molar-refractivity contribution >= 4 is 29.1 Å². The molecule has 4 heterocycles. The molecule has 55 heavy (non-hydrogen) atoms. The van der Waals surface area contributed by atoms with E-state index in [1.807, 2.05) is 24.3 Å². The average Bonchev–Trinajstić information content (AvgIpc) is 3.53. The number of phenols is 1. The van der Waals surface area contributed by atoms with Gasteiger partial charge in [-0.3, -0.25) is 24.6 Å². The molecule has 0 saturated carbocycles. The van der Waals surface area contributed by atoms with Crippen LogP contribution in [0.2, 0.25) is 0 Å². The van der Waals surface area contributed by atoms with E-state index in [1.54, 1.807) is 4.90 Å². The first kappa shape index (κ1) is 35.5. The molecule has 1 aliphatic carbocycles. The number of piperidine rings is 2. The number of anilines is 2. The minimum atomic E-state index is -0.585. The lowest BCUT2D eigenvalue weighted by atomic mass is 9.70. The Bertz CT molecular complexity index is 2050. The zero-order valence-corrected chi connectivity index (χ0v) is 31.5. The number of imide groups is 1. The van der Waals surface area contributed by atoms with Crippen molar-refractivity contribution in [3.63, 3.8) is 0 Å². The normalized spacial score (nSPS) is 23.5. The van der Waals surface area contributed by atoms with Crippen molar-refractivity contribution < 1.29 is 19.5 Å². The standard InChI is InChI=1S/C46H51N5O4/c52-39-13-15-40-34(28-39)6-7-35(26-31-4-2-1-3-5-31)44(40)33-8-10-37(11-9-33)49-20-18-32(19-21-49)29-48-22-24-50(25-23-48)38-12-14-41-36(27-38)30-51(46(41)55)42-16-17-43(53)47-45(42)54/h1-5,8-15,27-28,32,35,42,44,52H,6-7,16-26,29-30H2,(H,47,53,54)/t35-,42?,44+/m1/s1. The van der Waals surface area contributed by atoms with Crippen molar-refractivity contribution in [3.05, 3.63) is 124 Å². The molecular formula is C46H51N5O4. The number of fused-ring (bicyclic) bond motifs is 2. The maximum atomic E-state index is 13.2. The minimum Gasteiger partial charge on any atom is -0.508 e. The monoisotopic (exact) mass is 737 g/mol. The summed E-state index contributed by atoms with van der Waals surface area (Å²) >= 11 is 0. The van der Waals surface area contributed by atoms with Crippen LogP contribution in [0.15, 0.2) is 91.0 Å². The third-order valence-electron chi connectivity index (χ3n) is 13.1. The van der Waals surface area contributed by atoms with Crippen molar-refractivity contribution in [2.24, 2.45) is 11.8 Å². The maximum Gasteiger partial charge on any atom is 0.255 e. The third-order valence-corrected chi connectivity index (χ3v) is 13.1. The highest BCUT2D eigenvalue weighted by molar-refractivity contribution is 6.05. The number of carbonyl (C=O) groups excluding carboxylic acids is 3. The van der Waals surface area contributed by atoms with Crippen LogP contribution in [0.4, 0.5) is 11.4 Å². The summed E-state index contributed by atoms with van der Waals surface area (Å²) in [5.74, 6) is 1.12. The van der Waals surface area contributed by atoms with Gasteiger partial charge < -0.3 is 19.8 Å². The summed E-state index contributed by atoms with van der Waals surface area (Å²) in [7, 11) is 0. The number of hydrogen-bond donors (Lipinski definition) is 2. The molecule has 3 amide bonds. The zero-order valence-electron chi connectivity index (χ0n) is 31.5. The van der Waals surface area contributed by atoms with Gasteiger partial charge in [0.25, 0.3) is 5.91 Å². The number of amides is 3. The molecule has 3 atom stereocenters. The molecular weight excluding hydrogens is 687 g/mol. The highest BCUT2D eigenvalue weighted by Gasteiger charge is 2.39. The van der Waals surface area contributed by atoms with E-state index in [2.05, 4.69) is 86.7 Å². The van der Waals surface area contributed by atoms with Gasteiger partial charge in [0, 0.05) is 81.6 Å². The first-order valence-corrected chi connectivity index (χ1v) is 20.3. The largest absolute Gasteiger partial charge is 0.508 e. The quantitative estimate of drug-likeness (QED) is 0.210. The second kappa shape index (κ2) is 15.2. The Hall–Kier alpha value is -5.15. The van der Waals surface area contributed by atoms with E-state index in [0.29, 0.717) is 42.0 Å². The number of hydrogen-bond acceptors (Lipinski definition) is 7. The van der Waals surface area contributed by atoms with Crippen LogP contribution in [-0.4, -0.2) is 84.5 Å². The lowest BCUT2D eigenvalue weighted by molar-refractivity contribution is -0.136. The van der Waals surface area contributed by atoms with Gasteiger partial charge in [0.15, 0.2) is 0 Å². The molecule has 3 fully saturated rings. The SMILES string of the molecule is O=C1CCC(N2Cc3cc(N4CCN(CC5CCN(c6ccc([C@@H]7c8ccc(O)cc8CC[C@@H]7Cc7ccccc7)cc6)CC5)CC4)ccc3C2=O)C(=O)N1. The molecule has 0 aromatic heterocycles. The fourth-order valence-electron chi connectivity index (χ4n) is 10.0. The topological polar surface area (TPSA) is 96.4 Å². The fourth-order valence-corrected chi connectivity index (χ4v) is 10.0. The second-order valence-corrected chi connectivity index (χ2v) is 16.4. The van der Waals surface area contributed by atoms with Gasteiger partial charge in [0.05, 0.1) is 0 Å². The molecule has 284 valence electrons. The summed E-state index contributed by atoms with van der Waals surface area (Å²) in [6.45, 7) is 7.66. The van der Waals surface area contributed by atoms with Gasteiger partial charge in [-0.15, -0.1) is 0 Å². The van der Waals surface area contributed by atoms with Crippen LogP contribution in [0.25, 0.3) is 0 Å². The Labute approximate surface area is 323 Å². The Kier molecular flexibility index (Phi) is 9.81. The van der Waals surface area contributed by atoms with Crippen molar-refractivity contribution in [3.8, 4) is 5.75 Å². The highest BCUT2D eigenvalue weighted by Crippen LogP contribution is 2.44. The lowest BCUT2D eigenvalue weighted by Crippen LogP contribution is -2.52. The number of benzene rings is 4. The molecule has 4 aromatic rings. The summed E-state index contributed by atoms with van der Waals surface area (Å²) in [5, 5.41) is 12.6. The van der Waals surface area contributed by atoms with Crippen LogP contribution in [0.3, 0.4) is 0 Å². The van der Waals surface area contributed by atoms with E-state index in [0.717, 1.165) is 76.3 Å². The van der Waals surface area contributed by atoms with Crippen molar-refractivity contribution in [1.82, 2.24) is 15.1 Å². The van der Waals surface area contributed by atoms with Gasteiger partial charge in [-0.25, -0.2) is 0 Å². The molecule has 0 spiro atoms. The molecule has 4 aliphatic heterocycles. The molecule has 2 N–H and O–H groups in total. The number of rotatable bonds is 8. The van der Waals surface area contributed by atoms with E-state index in [1.165, 1.54) is 40.8 Å². The molecule has 0 radical (unpaired) electrons. The average molecular weight is 738 g/mol. The first-order valence-electron chi connectivity index (χ1n) is 20.3. The molecule has 3 saturated heterocycles. The van der Waals surface area contributed by atoms with Crippen molar-refractivity contribution in [1.29, 1.82) is 0 Å². The molecule has 9 rings (SSSR count). The number of nitrogens with one attached hydrogen (secondary N) is 1. The summed E-state index contributed by atoms with van der Waals surface area (Å²) in [6, 6.07) is 31.7. The molecule has 4 aromatic carbocycles. The first-order chi connectivity index (χ1) is 26.9. The highest BCUT2D eigenvalue weighted by atomic mass is 16.3. The van der Waals surface area contributed by atoms with Gasteiger partial charge in [-0.2, -0.15) is 0 Å². The Morgan fingerprint density at radius 1 is 0.691 bits per heavy atom. The van der Waals surface area contributed by atoms with Gasteiger partial charge >= 0.3 is 0 Å². The number of phenolic OH excluding ortho intramolecular Hbond substituents is 1. The Morgan fingerprint density at radius 2 is 1.44 bits per heavy atom. The van der Waals surface area contributed by atoms with Gasteiger partial charge in [-0.1, -0.05) is 48.5 Å². The van der Waals surface area contributed by atoms with Crippen LogP contribution in [0, 0.1) is 11.8 Å². The van der Waals surface area contributed by atoms with Crippen molar-refractivity contribution in [2.75, 3.05) is 55.6 Å². The van der Waals surface area contributed by atoms with Crippen LogP contribution in [0.5, 0.6) is 5.75 Å². The number of aryl methyl sites for hydroxylation is 1. The number of nitrogens with zero attached hydrogens (tertiary/aromatic N) is 4. The predicted octanol–water partition coefficient (Wildman–Crippen LogP) is 6.13. The molecule has 1 unspecified atom stereocenters. The molecule has 5 aliphatic rings. The third kappa shape index (κ3) is 7.34. The molecule has 9 heteroatoms. The van der Waals surface area contributed by atoms with Crippen LogP contribution >= 0.6 is 0 Å².